The molecule has 3 atom stereocenters. The van der Waals surface area contributed by atoms with Crippen LogP contribution in [0.2, 0.25) is 0 Å². The summed E-state index contributed by atoms with van der Waals surface area (Å²) < 4.78 is 8.77. The number of hydrogen-bond acceptors (Lipinski definition) is 4. The van der Waals surface area contributed by atoms with Crippen molar-refractivity contribution in [2.75, 3.05) is 0 Å². The normalized spacial score (nSPS) is 20.3. The van der Waals surface area contributed by atoms with E-state index in [9.17, 15) is 9.59 Å². The molecule has 3 unspecified atom stereocenters. The Balaban J connectivity index is -0.000000246. The molecule has 1 amide bonds. The Kier molecular flexibility index (Phi) is 35.5. The van der Waals surface area contributed by atoms with Crippen LogP contribution in [0.4, 0.5) is 0 Å². The van der Waals surface area contributed by atoms with Gasteiger partial charge >= 0.3 is 88.9 Å². The molecule has 4 rings (SSSR count). The summed E-state index contributed by atoms with van der Waals surface area (Å²) >= 11 is 0. The Morgan fingerprint density at radius 3 is 1.38 bits per heavy atom. The van der Waals surface area contributed by atoms with E-state index in [0.29, 0.717) is 25.1 Å². The van der Waals surface area contributed by atoms with Gasteiger partial charge in [0.2, 0.25) is 5.91 Å². The van der Waals surface area contributed by atoms with Gasteiger partial charge in [-0.15, -0.1) is 6.04 Å². The van der Waals surface area contributed by atoms with Crippen molar-refractivity contribution in [1.82, 2.24) is 5.32 Å². The van der Waals surface area contributed by atoms with Crippen molar-refractivity contribution in [1.29, 1.82) is 0 Å². The molecule has 4 N–H and O–H groups in total. The molecule has 0 spiro atoms. The van der Waals surface area contributed by atoms with Crippen LogP contribution in [0.15, 0.2) is 0 Å². The Hall–Kier alpha value is 1.30. The molecule has 10 heteroatoms. The molecule has 4 aliphatic carbocycles. The molecule has 4 fully saturated rings. The maximum atomic E-state index is 12.2. The first-order chi connectivity index (χ1) is 19.1. The maximum Gasteiger partial charge on any atom is 2.00 e. The molecule has 42 heavy (non-hydrogen) atoms. The quantitative estimate of drug-likeness (QED) is 0.139. The van der Waals surface area contributed by atoms with E-state index in [0.717, 1.165) is 44.9 Å². The fraction of sp³-hybridized carbons (Fsp3) is 0.812. The van der Waals surface area contributed by atoms with Crippen molar-refractivity contribution in [3.05, 3.63) is 27.7 Å². The number of nitrogens with one attached hydrogen (secondary N) is 1. The number of carboxylic acid groups (broad SMARTS) is 1. The van der Waals surface area contributed by atoms with Crippen molar-refractivity contribution < 1.29 is 81.6 Å². The van der Waals surface area contributed by atoms with Gasteiger partial charge in [0.05, 0.1) is 10.8 Å². The number of aliphatic carboxylic acids is 1. The molecule has 0 heterocycles. The van der Waals surface area contributed by atoms with Gasteiger partial charge in [-0.1, -0.05) is 66.2 Å². The predicted octanol–water partition coefficient (Wildman–Crippen LogP) is 7.57. The number of amides is 1. The molecule has 0 aromatic heterocycles. The van der Waals surface area contributed by atoms with Crippen LogP contribution in [0.1, 0.15) is 130 Å². The molecule has 0 aliphatic heterocycles. The summed E-state index contributed by atoms with van der Waals surface area (Å²) in [6.45, 7) is 23.3. The van der Waals surface area contributed by atoms with Crippen molar-refractivity contribution >= 4 is 27.9 Å². The van der Waals surface area contributed by atoms with Gasteiger partial charge in [0.25, 0.3) is 0 Å². The Morgan fingerprint density at radius 1 is 0.833 bits per heavy atom. The van der Waals surface area contributed by atoms with Crippen LogP contribution in [0.3, 0.4) is 0 Å². The molecule has 6 nitrogen and oxygen atoms in total. The van der Waals surface area contributed by atoms with E-state index in [4.69, 9.17) is 15.5 Å². The zero-order chi connectivity index (χ0) is 31.2. The van der Waals surface area contributed by atoms with Crippen LogP contribution >= 0.6 is 9.12 Å². The number of carbonyl (C=O) groups is 2. The smallest absolute Gasteiger partial charge is 0.481 e. The molecule has 4 saturated carbocycles. The van der Waals surface area contributed by atoms with E-state index in [1.807, 2.05) is 36.8 Å². The molecular formula is C32H62BN2O4PU2. The van der Waals surface area contributed by atoms with Crippen LogP contribution in [0.25, 0.3) is 0 Å². The van der Waals surface area contributed by atoms with Crippen LogP contribution in [0, 0.1) is 113 Å². The van der Waals surface area contributed by atoms with Gasteiger partial charge in [0.1, 0.15) is 0 Å². The predicted molar refractivity (Wildman–Crippen MR) is 174 cm³/mol. The average Bonchev–Trinajstić information content (AvgIpc) is 3.92. The Labute approximate surface area is 310 Å². The van der Waals surface area contributed by atoms with Crippen molar-refractivity contribution in [3.63, 3.8) is 0 Å². The van der Waals surface area contributed by atoms with Crippen LogP contribution < -0.4 is 11.1 Å². The number of rotatable bonds is 7. The maximum absolute atomic E-state index is 12.2. The monoisotopic (exact) mass is 1060 g/mol. The van der Waals surface area contributed by atoms with Crippen LogP contribution in [0.5, 0.6) is 0 Å². The third-order valence-corrected chi connectivity index (χ3v) is 8.28. The number of hydrogen-bond donors (Lipinski definition) is 3. The molecule has 0 aromatic rings. The van der Waals surface area contributed by atoms with E-state index in [1.54, 1.807) is 0 Å². The molecule has 240 valence electrons. The van der Waals surface area contributed by atoms with E-state index in [1.165, 1.54) is 51.4 Å². The van der Waals surface area contributed by atoms with Gasteiger partial charge in [-0.05, 0) is 63.2 Å². The molecule has 4 aliphatic rings. The van der Waals surface area contributed by atoms with Crippen molar-refractivity contribution in [2.45, 2.75) is 143 Å². The topological polar surface area (TPSA) is 109 Å². The van der Waals surface area contributed by atoms with Crippen molar-refractivity contribution in [2.24, 2.45) is 28.4 Å². The minimum Gasteiger partial charge on any atom is -0.481 e. The first-order valence-electron chi connectivity index (χ1n) is 15.8. The van der Waals surface area contributed by atoms with E-state index in [2.05, 4.69) is 33.0 Å². The Morgan fingerprint density at radius 2 is 1.14 bits per heavy atom. The summed E-state index contributed by atoms with van der Waals surface area (Å²) in [4.78, 5) is 23.2. The third-order valence-electron chi connectivity index (χ3n) is 8.28. The molecule has 0 radical (unpaired) electrons. The van der Waals surface area contributed by atoms with Gasteiger partial charge in [0, 0.05) is 0 Å². The SMILES string of the molecule is CC.CC.O=BP.O=C(O)C1(C2CCCCC2)CC1.[CH2-]CC([CH2-])N.[CH2-]CC([CH2-])NC(=O)C1(C2CCCCC2)CC1.[U+2].[U+2]. The van der Waals surface area contributed by atoms with Gasteiger partial charge < -0.3 is 43.9 Å². The minimum atomic E-state index is -0.533. The number of carboxylic acids is 1. The average molecular weight is 1060 g/mol. The Bertz CT molecular complexity index is 669. The number of carbonyl (C=O) groups excluding carboxylic acids is 1. The largest absolute Gasteiger partial charge is 2.00 e. The molecular weight excluding hydrogens is 994 g/mol. The second-order valence-electron chi connectivity index (χ2n) is 10.9. The first-order valence-corrected chi connectivity index (χ1v) is 16.5. The standard InChI is InChI=1S/C14H23NO.C10H16O2.C4H9N.2C2H6.BH2OP.2U/c1-3-11(2)15-13(16)14(9-10-14)12-7-5-4-6-8-12;11-9(12)10(6-7-10)8-4-2-1-3-5-8;1-3-4(2)5;2*1-2;2-1-3;;/h11-12H,1-10H2,(H,15,16);8H,1-7H2,(H,11,12);4H,1-3,5H2;2*1-2H3;3H2;;/q-2;;-2;;;;2*+2. The zero-order valence-electron chi connectivity index (χ0n) is 27.4. The van der Waals surface area contributed by atoms with Gasteiger partial charge in [0.15, 0.2) is 0 Å². The fourth-order valence-corrected chi connectivity index (χ4v) is 5.60. The summed E-state index contributed by atoms with van der Waals surface area (Å²) in [6, 6.07) is 0.00330. The van der Waals surface area contributed by atoms with E-state index >= 15 is 0 Å². The second kappa shape index (κ2) is 29.7. The fourth-order valence-electron chi connectivity index (χ4n) is 5.60. The van der Waals surface area contributed by atoms with Crippen LogP contribution in [-0.2, 0) is 14.3 Å². The summed E-state index contributed by atoms with van der Waals surface area (Å²) in [5.74, 6) is 0.861. The van der Waals surface area contributed by atoms with Gasteiger partial charge in [-0.3, -0.25) is 9.59 Å². The second-order valence-corrected chi connectivity index (χ2v) is 11.2. The van der Waals surface area contributed by atoms with E-state index in [-0.39, 0.29) is 91.0 Å². The van der Waals surface area contributed by atoms with Crippen molar-refractivity contribution in [3.8, 4) is 0 Å². The van der Waals surface area contributed by atoms with Crippen LogP contribution in [-0.4, -0.2) is 35.9 Å². The first kappa shape index (κ1) is 50.2. The summed E-state index contributed by atoms with van der Waals surface area (Å²) in [6.07, 6.45) is 18.0. The zero-order valence-corrected chi connectivity index (χ0v) is 36.8. The molecule has 0 aromatic carbocycles. The third kappa shape index (κ3) is 19.1. The van der Waals surface area contributed by atoms with E-state index < -0.39 is 5.97 Å². The van der Waals surface area contributed by atoms with Gasteiger partial charge in [-0.25, -0.2) is 0 Å². The minimum absolute atomic E-state index is 0. The summed E-state index contributed by atoms with van der Waals surface area (Å²) in [5.41, 5.74) is 4.85. The summed E-state index contributed by atoms with van der Waals surface area (Å²) in [5, 5.41) is 12.1. The molecule has 0 bridgehead atoms. The summed E-state index contributed by atoms with van der Waals surface area (Å²) in [7, 11) is 1.90. The molecule has 0 saturated heterocycles. The van der Waals surface area contributed by atoms with Gasteiger partial charge in [-0.2, -0.15) is 18.9 Å². The number of nitrogens with two attached hydrogens (primary N) is 1.